The van der Waals surface area contributed by atoms with Gasteiger partial charge in [0, 0.05) is 24.7 Å². The maximum atomic E-state index is 12.3. The number of nitrogens with zero attached hydrogens (tertiary/aromatic N) is 3. The van der Waals surface area contributed by atoms with E-state index in [0.717, 1.165) is 40.9 Å². The summed E-state index contributed by atoms with van der Waals surface area (Å²) < 4.78 is 6.99. The zero-order chi connectivity index (χ0) is 17.3. The third-order valence-electron chi connectivity index (χ3n) is 4.21. The molecule has 2 aromatic heterocycles. The van der Waals surface area contributed by atoms with E-state index in [0.29, 0.717) is 11.4 Å². The summed E-state index contributed by atoms with van der Waals surface area (Å²) in [5, 5.41) is 5.26. The van der Waals surface area contributed by atoms with Gasteiger partial charge < -0.3 is 9.64 Å². The van der Waals surface area contributed by atoms with Crippen molar-refractivity contribution in [3.8, 4) is 0 Å². The average Bonchev–Trinajstić information content (AvgIpc) is 3.26. The van der Waals surface area contributed by atoms with Crippen LogP contribution in [0.15, 0.2) is 17.8 Å². The number of esters is 1. The standard InChI is InChI=1S/C17H21N3O3S/c1-4-20(12-7-5-6-8-12)15(21)10-23-17(22)14-9-13-11(2)18-19(3)16(13)24-14/h7,9H,4-6,8,10H2,1-3H3. The second-order valence-corrected chi connectivity index (χ2v) is 6.87. The third-order valence-corrected chi connectivity index (χ3v) is 5.39. The monoisotopic (exact) mass is 347 g/mol. The number of rotatable bonds is 5. The highest BCUT2D eigenvalue weighted by atomic mass is 32.1. The Labute approximate surface area is 144 Å². The van der Waals surface area contributed by atoms with Gasteiger partial charge in [0.05, 0.1) is 5.69 Å². The van der Waals surface area contributed by atoms with Gasteiger partial charge in [0.1, 0.15) is 9.71 Å². The fourth-order valence-corrected chi connectivity index (χ4v) is 4.04. The lowest BCUT2D eigenvalue weighted by Crippen LogP contribution is -2.33. The molecule has 3 rings (SSSR count). The van der Waals surface area contributed by atoms with Gasteiger partial charge in [0.25, 0.3) is 5.91 Å². The molecule has 24 heavy (non-hydrogen) atoms. The smallest absolute Gasteiger partial charge is 0.348 e. The number of amides is 1. The highest BCUT2D eigenvalue weighted by molar-refractivity contribution is 7.20. The Morgan fingerprint density at radius 2 is 2.25 bits per heavy atom. The lowest BCUT2D eigenvalue weighted by atomic mass is 10.3. The Morgan fingerprint density at radius 3 is 2.88 bits per heavy atom. The molecule has 1 aliphatic carbocycles. The van der Waals surface area contributed by atoms with E-state index in [-0.39, 0.29) is 12.5 Å². The molecule has 7 heteroatoms. The van der Waals surface area contributed by atoms with E-state index in [1.54, 1.807) is 15.6 Å². The van der Waals surface area contributed by atoms with E-state index < -0.39 is 5.97 Å². The van der Waals surface area contributed by atoms with Crippen molar-refractivity contribution < 1.29 is 14.3 Å². The number of likely N-dealkylation sites (N-methyl/N-ethyl adjacent to an activating group) is 1. The van der Waals surface area contributed by atoms with Crippen LogP contribution in [0, 0.1) is 6.92 Å². The summed E-state index contributed by atoms with van der Waals surface area (Å²) in [4.78, 5) is 27.7. The number of aromatic nitrogens is 2. The molecule has 0 unspecified atom stereocenters. The number of aryl methyl sites for hydroxylation is 2. The minimum Gasteiger partial charge on any atom is -0.451 e. The summed E-state index contributed by atoms with van der Waals surface area (Å²) in [6.07, 6.45) is 5.09. The number of ether oxygens (including phenoxy) is 1. The van der Waals surface area contributed by atoms with Crippen LogP contribution in [0.25, 0.3) is 10.2 Å². The zero-order valence-corrected chi connectivity index (χ0v) is 15.0. The number of carbonyl (C=O) groups is 2. The lowest BCUT2D eigenvalue weighted by Gasteiger charge is -2.21. The largest absolute Gasteiger partial charge is 0.451 e. The number of hydrogen-bond donors (Lipinski definition) is 0. The van der Waals surface area contributed by atoms with E-state index in [9.17, 15) is 9.59 Å². The first kappa shape index (κ1) is 16.7. The molecule has 0 N–H and O–H groups in total. The van der Waals surface area contributed by atoms with Gasteiger partial charge in [-0.1, -0.05) is 6.08 Å². The molecule has 1 aliphatic rings. The highest BCUT2D eigenvalue weighted by Crippen LogP contribution is 2.28. The normalized spacial score (nSPS) is 14.0. The second kappa shape index (κ2) is 6.76. The molecule has 0 saturated heterocycles. The van der Waals surface area contributed by atoms with Gasteiger partial charge in [0.2, 0.25) is 0 Å². The van der Waals surface area contributed by atoms with Crippen LogP contribution in [0.2, 0.25) is 0 Å². The highest BCUT2D eigenvalue weighted by Gasteiger charge is 2.21. The molecule has 0 spiro atoms. The van der Waals surface area contributed by atoms with Crippen molar-refractivity contribution in [3.05, 3.63) is 28.4 Å². The molecule has 0 radical (unpaired) electrons. The van der Waals surface area contributed by atoms with Crippen molar-refractivity contribution in [1.29, 1.82) is 0 Å². The quantitative estimate of drug-likeness (QED) is 0.780. The summed E-state index contributed by atoms with van der Waals surface area (Å²) in [5.41, 5.74) is 1.92. The Morgan fingerprint density at radius 1 is 1.46 bits per heavy atom. The van der Waals surface area contributed by atoms with E-state index in [1.807, 2.05) is 20.9 Å². The van der Waals surface area contributed by atoms with E-state index in [4.69, 9.17) is 4.74 Å². The van der Waals surface area contributed by atoms with Gasteiger partial charge in [0.15, 0.2) is 6.61 Å². The molecule has 0 bridgehead atoms. The lowest BCUT2D eigenvalue weighted by molar-refractivity contribution is -0.132. The maximum Gasteiger partial charge on any atom is 0.348 e. The van der Waals surface area contributed by atoms with Gasteiger partial charge in [-0.25, -0.2) is 4.79 Å². The molecule has 128 valence electrons. The van der Waals surface area contributed by atoms with E-state index in [2.05, 4.69) is 11.2 Å². The Balaban J connectivity index is 1.65. The third kappa shape index (κ3) is 3.08. The topological polar surface area (TPSA) is 64.4 Å². The van der Waals surface area contributed by atoms with E-state index >= 15 is 0 Å². The summed E-state index contributed by atoms with van der Waals surface area (Å²) in [7, 11) is 1.85. The molecule has 0 aromatic carbocycles. The van der Waals surface area contributed by atoms with Crippen LogP contribution in [-0.4, -0.2) is 39.7 Å². The Bertz CT molecular complexity index is 784. The second-order valence-electron chi connectivity index (χ2n) is 5.84. The fourth-order valence-electron chi connectivity index (χ4n) is 3.02. The summed E-state index contributed by atoms with van der Waals surface area (Å²) in [5.74, 6) is -0.627. The van der Waals surface area contributed by atoms with Crippen LogP contribution in [0.4, 0.5) is 0 Å². The summed E-state index contributed by atoms with van der Waals surface area (Å²) >= 11 is 1.33. The van der Waals surface area contributed by atoms with Crippen molar-refractivity contribution in [3.63, 3.8) is 0 Å². The number of hydrogen-bond acceptors (Lipinski definition) is 5. The molecule has 0 atom stereocenters. The predicted molar refractivity (Wildman–Crippen MR) is 92.9 cm³/mol. The molecular formula is C17H21N3O3S. The van der Waals surface area contributed by atoms with Gasteiger partial charge in [-0.15, -0.1) is 11.3 Å². The van der Waals surface area contributed by atoms with Gasteiger partial charge in [-0.2, -0.15) is 5.10 Å². The van der Waals surface area contributed by atoms with Crippen molar-refractivity contribution in [2.75, 3.05) is 13.2 Å². The van der Waals surface area contributed by atoms with Crippen molar-refractivity contribution >= 4 is 33.4 Å². The number of fused-ring (bicyclic) bond motifs is 1. The number of allylic oxidation sites excluding steroid dienone is 2. The predicted octanol–water partition coefficient (Wildman–Crippen LogP) is 3.02. The van der Waals surface area contributed by atoms with Crippen LogP contribution < -0.4 is 0 Å². The summed E-state index contributed by atoms with van der Waals surface area (Å²) in [6.45, 7) is 4.20. The minimum absolute atomic E-state index is 0.169. The van der Waals surface area contributed by atoms with Crippen molar-refractivity contribution in [1.82, 2.24) is 14.7 Å². The van der Waals surface area contributed by atoms with E-state index in [1.165, 1.54) is 11.3 Å². The number of thiophene rings is 1. The minimum atomic E-state index is -0.458. The Hall–Kier alpha value is -2.15. The zero-order valence-electron chi connectivity index (χ0n) is 14.2. The van der Waals surface area contributed by atoms with Gasteiger partial charge in [-0.05, 0) is 39.2 Å². The molecule has 0 aliphatic heterocycles. The van der Waals surface area contributed by atoms with Crippen LogP contribution >= 0.6 is 11.3 Å². The molecule has 0 fully saturated rings. The average molecular weight is 347 g/mol. The SMILES string of the molecule is CCN(C(=O)COC(=O)c1cc2c(C)nn(C)c2s1)C1=CCCC1. The molecule has 1 amide bonds. The van der Waals surface area contributed by atoms with Gasteiger partial charge in [-0.3, -0.25) is 9.48 Å². The summed E-state index contributed by atoms with van der Waals surface area (Å²) in [6, 6.07) is 1.78. The van der Waals surface area contributed by atoms with Crippen LogP contribution in [-0.2, 0) is 16.6 Å². The molecule has 0 saturated carbocycles. The first-order valence-corrected chi connectivity index (χ1v) is 8.92. The van der Waals surface area contributed by atoms with Gasteiger partial charge >= 0.3 is 5.97 Å². The van der Waals surface area contributed by atoms with Crippen molar-refractivity contribution in [2.45, 2.75) is 33.1 Å². The van der Waals surface area contributed by atoms with Crippen LogP contribution in [0.5, 0.6) is 0 Å². The first-order chi connectivity index (χ1) is 11.5. The maximum absolute atomic E-state index is 12.3. The Kier molecular flexibility index (Phi) is 4.71. The van der Waals surface area contributed by atoms with Crippen LogP contribution in [0.1, 0.15) is 41.6 Å². The van der Waals surface area contributed by atoms with Crippen molar-refractivity contribution in [2.24, 2.45) is 7.05 Å². The molecule has 6 nitrogen and oxygen atoms in total. The molecule has 2 heterocycles. The fraction of sp³-hybridized carbons (Fsp3) is 0.471. The number of carbonyl (C=O) groups excluding carboxylic acids is 2. The van der Waals surface area contributed by atoms with Crippen LogP contribution in [0.3, 0.4) is 0 Å². The molecule has 2 aromatic rings. The first-order valence-electron chi connectivity index (χ1n) is 8.11. The molecular weight excluding hydrogens is 326 g/mol.